The van der Waals surface area contributed by atoms with Gasteiger partial charge in [0.05, 0.1) is 0 Å². The van der Waals surface area contributed by atoms with Crippen molar-refractivity contribution < 1.29 is 10.0 Å². The number of carbonyl (C=O) groups excluding carboxylic acids is 1. The van der Waals surface area contributed by atoms with Crippen molar-refractivity contribution in [1.82, 2.24) is 10.4 Å². The number of anilines is 1. The number of hydrogen-bond donors (Lipinski definition) is 2. The molecule has 2 N–H and O–H groups in total. The second-order valence-electron chi connectivity index (χ2n) is 5.27. The van der Waals surface area contributed by atoms with Crippen LogP contribution in [0.5, 0.6) is 0 Å². The van der Waals surface area contributed by atoms with Gasteiger partial charge >= 0.3 is 0 Å². The lowest BCUT2D eigenvalue weighted by molar-refractivity contribution is 0.0706. The minimum atomic E-state index is -0.466. The molecule has 0 aromatic heterocycles. The third-order valence-corrected chi connectivity index (χ3v) is 4.32. The van der Waals surface area contributed by atoms with E-state index in [9.17, 15) is 4.79 Å². The minimum absolute atomic E-state index is 0.466. The lowest BCUT2D eigenvalue weighted by Gasteiger charge is -2.35. The number of nitrogens with one attached hydrogen (secondary N) is 1. The summed E-state index contributed by atoms with van der Waals surface area (Å²) in [5, 5.41) is 8.60. The summed E-state index contributed by atoms with van der Waals surface area (Å²) in [6.45, 7) is 5.56. The van der Waals surface area contributed by atoms with Gasteiger partial charge in [-0.1, -0.05) is 6.92 Å². The Hall–Kier alpha value is -1.59. The van der Waals surface area contributed by atoms with Gasteiger partial charge in [0.1, 0.15) is 0 Å². The first-order valence-corrected chi connectivity index (χ1v) is 6.78. The zero-order chi connectivity index (χ0) is 13.4. The zero-order valence-corrected chi connectivity index (χ0v) is 11.0. The van der Waals surface area contributed by atoms with Crippen LogP contribution in [0.4, 0.5) is 5.69 Å². The van der Waals surface area contributed by atoms with Gasteiger partial charge < -0.3 is 4.90 Å². The lowest BCUT2D eigenvalue weighted by Crippen LogP contribution is -2.46. The molecular formula is C14H19N3O2. The van der Waals surface area contributed by atoms with Gasteiger partial charge in [0.25, 0.3) is 5.91 Å². The van der Waals surface area contributed by atoms with Crippen molar-refractivity contribution in [3.63, 3.8) is 0 Å². The highest BCUT2D eigenvalue weighted by Crippen LogP contribution is 2.34. The molecule has 0 radical (unpaired) electrons. The summed E-state index contributed by atoms with van der Waals surface area (Å²) in [5.41, 5.74) is 3.29. The molecule has 2 fully saturated rings. The van der Waals surface area contributed by atoms with Crippen LogP contribution in [0.2, 0.25) is 0 Å². The summed E-state index contributed by atoms with van der Waals surface area (Å²) in [7, 11) is 0. The largest absolute Gasteiger partial charge is 0.366 e. The number of fused-ring (bicyclic) bond motifs is 2. The molecule has 5 nitrogen and oxygen atoms in total. The van der Waals surface area contributed by atoms with Crippen LogP contribution in [-0.4, -0.2) is 47.7 Å². The van der Waals surface area contributed by atoms with Crippen LogP contribution in [0.1, 0.15) is 23.7 Å². The normalized spacial score (nSPS) is 25.9. The Labute approximate surface area is 112 Å². The fourth-order valence-corrected chi connectivity index (χ4v) is 3.32. The summed E-state index contributed by atoms with van der Waals surface area (Å²) < 4.78 is 0. The van der Waals surface area contributed by atoms with E-state index in [4.69, 9.17) is 5.21 Å². The number of hydroxylamine groups is 1. The molecule has 2 bridgehead atoms. The molecule has 3 rings (SSSR count). The molecule has 2 heterocycles. The van der Waals surface area contributed by atoms with E-state index >= 15 is 0 Å². The predicted molar refractivity (Wildman–Crippen MR) is 72.5 cm³/mol. The molecule has 1 aromatic rings. The van der Waals surface area contributed by atoms with Crippen molar-refractivity contribution in [1.29, 1.82) is 0 Å². The van der Waals surface area contributed by atoms with Gasteiger partial charge in [0.2, 0.25) is 0 Å². The summed E-state index contributed by atoms with van der Waals surface area (Å²) in [5.74, 6) is -0.466. The highest BCUT2D eigenvalue weighted by atomic mass is 16.5. The third kappa shape index (κ3) is 2.09. The fourth-order valence-electron chi connectivity index (χ4n) is 3.32. The molecule has 2 saturated heterocycles. The minimum Gasteiger partial charge on any atom is -0.366 e. The van der Waals surface area contributed by atoms with Crippen LogP contribution in [-0.2, 0) is 0 Å². The van der Waals surface area contributed by atoms with E-state index < -0.39 is 5.91 Å². The highest BCUT2D eigenvalue weighted by molar-refractivity contribution is 5.93. The average molecular weight is 261 g/mol. The number of nitrogens with zero attached hydrogens (tertiary/aromatic N) is 2. The Morgan fingerprint density at radius 3 is 2.58 bits per heavy atom. The van der Waals surface area contributed by atoms with Crippen molar-refractivity contribution in [2.75, 3.05) is 24.5 Å². The molecule has 2 aliphatic rings. The van der Waals surface area contributed by atoms with Gasteiger partial charge in [-0.2, -0.15) is 0 Å². The van der Waals surface area contributed by atoms with Crippen molar-refractivity contribution in [3.8, 4) is 0 Å². The van der Waals surface area contributed by atoms with E-state index in [1.54, 1.807) is 17.6 Å². The standard InChI is InChI=1S/C14H19N3O2/c1-2-16-8-13-7-12(16)9-17(13)11-5-3-10(4-6-11)14(18)15-19/h3-6,12-13,19H,2,7-9H2,1H3,(H,15,18)/t12-,13-/m0/s1. The number of carbonyl (C=O) groups is 1. The number of hydrogen-bond acceptors (Lipinski definition) is 4. The molecule has 0 aliphatic carbocycles. The summed E-state index contributed by atoms with van der Waals surface area (Å²) in [4.78, 5) is 16.2. The van der Waals surface area contributed by atoms with Crippen molar-refractivity contribution >= 4 is 11.6 Å². The Morgan fingerprint density at radius 2 is 2.05 bits per heavy atom. The van der Waals surface area contributed by atoms with E-state index in [1.807, 2.05) is 12.1 Å². The molecule has 0 spiro atoms. The van der Waals surface area contributed by atoms with Crippen molar-refractivity contribution in [2.24, 2.45) is 0 Å². The number of piperazine rings is 1. The monoisotopic (exact) mass is 261 g/mol. The van der Waals surface area contributed by atoms with Crippen LogP contribution in [0.3, 0.4) is 0 Å². The molecule has 0 unspecified atom stereocenters. The number of likely N-dealkylation sites (N-methyl/N-ethyl adjacent to an activating group) is 1. The molecule has 5 heteroatoms. The summed E-state index contributed by atoms with van der Waals surface area (Å²) >= 11 is 0. The van der Waals surface area contributed by atoms with E-state index in [0.29, 0.717) is 17.6 Å². The van der Waals surface area contributed by atoms with E-state index in [1.165, 1.54) is 6.42 Å². The van der Waals surface area contributed by atoms with Crippen LogP contribution >= 0.6 is 0 Å². The first kappa shape index (κ1) is 12.4. The quantitative estimate of drug-likeness (QED) is 0.631. The maximum absolute atomic E-state index is 11.3. The first-order valence-electron chi connectivity index (χ1n) is 6.78. The van der Waals surface area contributed by atoms with Gasteiger partial charge in [-0.25, -0.2) is 5.48 Å². The fraction of sp³-hybridized carbons (Fsp3) is 0.500. The van der Waals surface area contributed by atoms with E-state index in [0.717, 1.165) is 25.3 Å². The maximum atomic E-state index is 11.3. The Kier molecular flexibility index (Phi) is 3.16. The summed E-state index contributed by atoms with van der Waals surface area (Å²) in [6.07, 6.45) is 1.24. The third-order valence-electron chi connectivity index (χ3n) is 4.32. The van der Waals surface area contributed by atoms with Crippen LogP contribution < -0.4 is 10.4 Å². The number of benzene rings is 1. The van der Waals surface area contributed by atoms with Gasteiger partial charge in [-0.15, -0.1) is 0 Å². The summed E-state index contributed by atoms with van der Waals surface area (Å²) in [6, 6.07) is 8.70. The Bertz CT molecular complexity index is 474. The molecule has 19 heavy (non-hydrogen) atoms. The smallest absolute Gasteiger partial charge is 0.274 e. The van der Waals surface area contributed by atoms with Crippen LogP contribution in [0.25, 0.3) is 0 Å². The number of likely N-dealkylation sites (tertiary alicyclic amines) is 1. The molecule has 102 valence electrons. The number of amides is 1. The molecule has 2 atom stereocenters. The maximum Gasteiger partial charge on any atom is 0.274 e. The molecular weight excluding hydrogens is 242 g/mol. The molecule has 1 aromatic carbocycles. The average Bonchev–Trinajstić information content (AvgIpc) is 3.06. The SMILES string of the molecule is CCN1C[C@@H]2C[C@H]1CN2c1ccc(C(=O)NO)cc1. The molecule has 0 saturated carbocycles. The van der Waals surface area contributed by atoms with Gasteiger partial charge in [0, 0.05) is 36.4 Å². The lowest BCUT2D eigenvalue weighted by atomic mass is 10.1. The van der Waals surface area contributed by atoms with Gasteiger partial charge in [0.15, 0.2) is 0 Å². The van der Waals surface area contributed by atoms with E-state index in [2.05, 4.69) is 16.7 Å². The number of rotatable bonds is 3. The molecule has 2 aliphatic heterocycles. The van der Waals surface area contributed by atoms with Crippen LogP contribution in [0, 0.1) is 0 Å². The van der Waals surface area contributed by atoms with Gasteiger partial charge in [-0.3, -0.25) is 14.9 Å². The second kappa shape index (κ2) is 4.83. The predicted octanol–water partition coefficient (Wildman–Crippen LogP) is 1.09. The van der Waals surface area contributed by atoms with Crippen LogP contribution in [0.15, 0.2) is 24.3 Å². The second-order valence-corrected chi connectivity index (χ2v) is 5.27. The van der Waals surface area contributed by atoms with Gasteiger partial charge in [-0.05, 0) is 37.2 Å². The Balaban J connectivity index is 1.73. The topological polar surface area (TPSA) is 55.8 Å². The van der Waals surface area contributed by atoms with Crippen molar-refractivity contribution in [3.05, 3.63) is 29.8 Å². The Morgan fingerprint density at radius 1 is 1.32 bits per heavy atom. The van der Waals surface area contributed by atoms with Crippen molar-refractivity contribution in [2.45, 2.75) is 25.4 Å². The highest BCUT2D eigenvalue weighted by Gasteiger charge is 2.42. The van der Waals surface area contributed by atoms with E-state index in [-0.39, 0.29) is 0 Å². The molecule has 1 amide bonds. The zero-order valence-electron chi connectivity index (χ0n) is 11.0. The first-order chi connectivity index (χ1) is 9.22.